The molecule has 0 aliphatic carbocycles. The van der Waals surface area contributed by atoms with Gasteiger partial charge in [0.05, 0.1) is 5.69 Å². The molecule has 0 unspecified atom stereocenters. The Morgan fingerprint density at radius 3 is 2.75 bits per heavy atom. The first-order valence-electron chi connectivity index (χ1n) is 6.51. The summed E-state index contributed by atoms with van der Waals surface area (Å²) < 4.78 is 1.68. The zero-order chi connectivity index (χ0) is 13.9. The summed E-state index contributed by atoms with van der Waals surface area (Å²) >= 11 is 0. The van der Waals surface area contributed by atoms with Gasteiger partial charge in [0, 0.05) is 18.0 Å². The normalized spacial score (nSPS) is 10.7. The van der Waals surface area contributed by atoms with Crippen molar-refractivity contribution in [2.45, 2.75) is 13.3 Å². The van der Waals surface area contributed by atoms with Crippen LogP contribution in [0.25, 0.3) is 16.9 Å². The summed E-state index contributed by atoms with van der Waals surface area (Å²) in [5.41, 5.74) is 9.87. The quantitative estimate of drug-likeness (QED) is 0.789. The van der Waals surface area contributed by atoms with Gasteiger partial charge in [0.15, 0.2) is 5.82 Å². The molecule has 0 bridgehead atoms. The van der Waals surface area contributed by atoms with Crippen LogP contribution in [0.4, 0.5) is 5.82 Å². The van der Waals surface area contributed by atoms with E-state index in [4.69, 9.17) is 5.73 Å². The lowest BCUT2D eigenvalue weighted by Crippen LogP contribution is -2.05. The molecule has 0 saturated carbocycles. The Bertz CT molecular complexity index is 718. The van der Waals surface area contributed by atoms with Crippen LogP contribution in [0.3, 0.4) is 0 Å². The summed E-state index contributed by atoms with van der Waals surface area (Å²) in [7, 11) is 0. The van der Waals surface area contributed by atoms with Gasteiger partial charge in [-0.15, -0.1) is 5.10 Å². The molecule has 0 radical (unpaired) electrons. The van der Waals surface area contributed by atoms with Crippen molar-refractivity contribution < 1.29 is 0 Å². The number of para-hydroxylation sites is 1. The maximum Gasteiger partial charge on any atom is 0.155 e. The molecule has 5 nitrogen and oxygen atoms in total. The molecule has 2 aromatic heterocycles. The molecule has 5 heteroatoms. The van der Waals surface area contributed by atoms with E-state index in [-0.39, 0.29) is 0 Å². The van der Waals surface area contributed by atoms with Crippen LogP contribution in [-0.2, 0) is 6.42 Å². The minimum atomic E-state index is 0.527. The zero-order valence-electron chi connectivity index (χ0n) is 11.2. The molecule has 0 fully saturated rings. The number of nitrogens with zero attached hydrogens (tertiary/aromatic N) is 4. The van der Waals surface area contributed by atoms with Crippen LogP contribution in [-0.4, -0.2) is 20.0 Å². The Labute approximate surface area is 117 Å². The van der Waals surface area contributed by atoms with Crippen molar-refractivity contribution in [2.24, 2.45) is 0 Å². The molecule has 0 atom stereocenters. The van der Waals surface area contributed by atoms with Crippen LogP contribution < -0.4 is 5.73 Å². The standard InChI is InChI=1S/C15H15N5/c1-2-11-6-3-4-8-13(11)20-15(16)14(18-19-20)12-7-5-9-17-10-12/h3-10H,2,16H2,1H3. The number of aromatic nitrogens is 4. The third kappa shape index (κ3) is 2.03. The highest BCUT2D eigenvalue weighted by molar-refractivity contribution is 5.70. The second kappa shape index (κ2) is 5.13. The monoisotopic (exact) mass is 265 g/mol. The van der Waals surface area contributed by atoms with Gasteiger partial charge >= 0.3 is 0 Å². The second-order valence-electron chi connectivity index (χ2n) is 4.46. The van der Waals surface area contributed by atoms with Gasteiger partial charge in [-0.2, -0.15) is 4.68 Å². The fourth-order valence-electron chi connectivity index (χ4n) is 2.19. The maximum absolute atomic E-state index is 6.20. The molecule has 1 aromatic carbocycles. The molecule has 0 aliphatic heterocycles. The fraction of sp³-hybridized carbons (Fsp3) is 0.133. The largest absolute Gasteiger partial charge is 0.382 e. The van der Waals surface area contributed by atoms with E-state index in [0.29, 0.717) is 11.5 Å². The summed E-state index contributed by atoms with van der Waals surface area (Å²) in [6.45, 7) is 2.11. The first kappa shape index (κ1) is 12.3. The van der Waals surface area contributed by atoms with E-state index < -0.39 is 0 Å². The summed E-state index contributed by atoms with van der Waals surface area (Å²) in [5, 5.41) is 8.37. The Morgan fingerprint density at radius 1 is 1.15 bits per heavy atom. The smallest absolute Gasteiger partial charge is 0.155 e. The third-order valence-electron chi connectivity index (χ3n) is 3.24. The lowest BCUT2D eigenvalue weighted by molar-refractivity contribution is 0.800. The first-order chi connectivity index (χ1) is 9.81. The van der Waals surface area contributed by atoms with Gasteiger partial charge in [0.25, 0.3) is 0 Å². The number of aryl methyl sites for hydroxylation is 1. The van der Waals surface area contributed by atoms with Gasteiger partial charge in [-0.1, -0.05) is 30.3 Å². The molecule has 3 rings (SSSR count). The molecular weight excluding hydrogens is 250 g/mol. The molecular formula is C15H15N5. The highest BCUT2D eigenvalue weighted by Crippen LogP contribution is 2.25. The van der Waals surface area contributed by atoms with Crippen molar-refractivity contribution >= 4 is 5.82 Å². The van der Waals surface area contributed by atoms with Crippen LogP contribution in [0.5, 0.6) is 0 Å². The number of hydrogen-bond acceptors (Lipinski definition) is 4. The number of rotatable bonds is 3. The van der Waals surface area contributed by atoms with Gasteiger partial charge in [-0.25, -0.2) is 0 Å². The Morgan fingerprint density at radius 2 is 2.00 bits per heavy atom. The van der Waals surface area contributed by atoms with Gasteiger partial charge in [0.1, 0.15) is 5.69 Å². The maximum atomic E-state index is 6.20. The first-order valence-corrected chi connectivity index (χ1v) is 6.51. The summed E-state index contributed by atoms with van der Waals surface area (Å²) in [6.07, 6.45) is 4.37. The number of benzene rings is 1. The predicted molar refractivity (Wildman–Crippen MR) is 78.4 cm³/mol. The molecule has 0 spiro atoms. The number of nitrogens with two attached hydrogens (primary N) is 1. The summed E-state index contributed by atoms with van der Waals surface area (Å²) in [4.78, 5) is 4.09. The minimum Gasteiger partial charge on any atom is -0.382 e. The molecule has 20 heavy (non-hydrogen) atoms. The number of nitrogen functional groups attached to an aromatic ring is 1. The molecule has 0 amide bonds. The zero-order valence-corrected chi connectivity index (χ0v) is 11.2. The van der Waals surface area contributed by atoms with Crippen LogP contribution in [0, 0.1) is 0 Å². The van der Waals surface area contributed by atoms with Crippen molar-refractivity contribution in [3.63, 3.8) is 0 Å². The summed E-state index contributed by atoms with van der Waals surface area (Å²) in [5.74, 6) is 0.527. The number of hydrogen-bond donors (Lipinski definition) is 1. The molecule has 3 aromatic rings. The van der Waals surface area contributed by atoms with Gasteiger partial charge in [0.2, 0.25) is 0 Å². The molecule has 100 valence electrons. The lowest BCUT2D eigenvalue weighted by atomic mass is 10.1. The van der Waals surface area contributed by atoms with E-state index in [1.807, 2.05) is 30.3 Å². The average molecular weight is 265 g/mol. The van der Waals surface area contributed by atoms with Crippen LogP contribution in [0.2, 0.25) is 0 Å². The molecule has 0 aliphatic rings. The fourth-order valence-corrected chi connectivity index (χ4v) is 2.19. The average Bonchev–Trinajstić information content (AvgIpc) is 2.89. The minimum absolute atomic E-state index is 0.527. The molecule has 2 N–H and O–H groups in total. The molecule has 0 saturated heterocycles. The van der Waals surface area contributed by atoms with Gasteiger partial charge in [-0.05, 0) is 30.2 Å². The Hall–Kier alpha value is -2.69. The topological polar surface area (TPSA) is 69.6 Å². The van der Waals surface area contributed by atoms with E-state index in [1.165, 1.54) is 5.56 Å². The SMILES string of the molecule is CCc1ccccc1-n1nnc(-c2cccnc2)c1N. The van der Waals surface area contributed by atoms with Crippen LogP contribution >= 0.6 is 0 Å². The van der Waals surface area contributed by atoms with Crippen molar-refractivity contribution in [3.8, 4) is 16.9 Å². The molecule has 2 heterocycles. The third-order valence-corrected chi connectivity index (χ3v) is 3.24. The van der Waals surface area contributed by atoms with Gasteiger partial charge in [-0.3, -0.25) is 4.98 Å². The van der Waals surface area contributed by atoms with Crippen LogP contribution in [0.1, 0.15) is 12.5 Å². The van der Waals surface area contributed by atoms with Crippen molar-refractivity contribution in [3.05, 3.63) is 54.4 Å². The highest BCUT2D eigenvalue weighted by Gasteiger charge is 2.14. The van der Waals surface area contributed by atoms with Crippen molar-refractivity contribution in [1.82, 2.24) is 20.0 Å². The highest BCUT2D eigenvalue weighted by atomic mass is 15.5. The van der Waals surface area contributed by atoms with E-state index >= 15 is 0 Å². The van der Waals surface area contributed by atoms with E-state index in [9.17, 15) is 0 Å². The number of anilines is 1. The van der Waals surface area contributed by atoms with Crippen molar-refractivity contribution in [2.75, 3.05) is 5.73 Å². The Kier molecular flexibility index (Phi) is 3.16. The van der Waals surface area contributed by atoms with Crippen molar-refractivity contribution in [1.29, 1.82) is 0 Å². The van der Waals surface area contributed by atoms with E-state index in [2.05, 4.69) is 28.3 Å². The second-order valence-corrected chi connectivity index (χ2v) is 4.46. The predicted octanol–water partition coefficient (Wildman–Crippen LogP) is 2.47. The van der Waals surface area contributed by atoms with E-state index in [1.54, 1.807) is 17.1 Å². The summed E-state index contributed by atoms with van der Waals surface area (Å²) in [6, 6.07) is 11.8. The van der Waals surface area contributed by atoms with Gasteiger partial charge < -0.3 is 5.73 Å². The lowest BCUT2D eigenvalue weighted by Gasteiger charge is -2.08. The van der Waals surface area contributed by atoms with E-state index in [0.717, 1.165) is 17.7 Å². The van der Waals surface area contributed by atoms with Crippen LogP contribution in [0.15, 0.2) is 48.8 Å². The Balaban J connectivity index is 2.11. The number of pyridine rings is 1.